The Morgan fingerprint density at radius 2 is 2.00 bits per heavy atom. The van der Waals surface area contributed by atoms with E-state index < -0.39 is 59.2 Å². The largest absolute Gasteiger partial charge is 0.497 e. The van der Waals surface area contributed by atoms with Crippen molar-refractivity contribution in [3.8, 4) is 5.75 Å². The molecule has 0 aromatic heterocycles. The summed E-state index contributed by atoms with van der Waals surface area (Å²) in [5.74, 6) is -6.69. The molecule has 0 unspecified atom stereocenters. The molecule has 136 valence electrons. The summed E-state index contributed by atoms with van der Waals surface area (Å²) in [6, 6.07) is 3.27. The first kappa shape index (κ1) is 18.5. The number of hydrogen-bond acceptors (Lipinski definition) is 5. The number of methoxy groups -OCH3 is 1. The van der Waals surface area contributed by atoms with Crippen molar-refractivity contribution < 1.29 is 37.5 Å². The lowest BCUT2D eigenvalue weighted by Gasteiger charge is -2.18. The maximum absolute atomic E-state index is 13.0. The van der Waals surface area contributed by atoms with Crippen LogP contribution in [0.4, 0.5) is 18.9 Å². The van der Waals surface area contributed by atoms with E-state index in [1.54, 1.807) is 0 Å². The summed E-state index contributed by atoms with van der Waals surface area (Å²) in [5.41, 5.74) is -1.07. The van der Waals surface area contributed by atoms with Gasteiger partial charge in [-0.3, -0.25) is 19.7 Å². The number of carboxylic acid groups (broad SMARTS) is 1. The van der Waals surface area contributed by atoms with Crippen LogP contribution in [0.2, 0.25) is 0 Å². The fraction of sp³-hybridized carbons (Fsp3) is 0.429. The standard InChI is InChI=1S/C14H13F3N2O6/c1-25-7-2-3-11(19(23)24)8(4-7)12(20)18-5-9(13(21)22)10(6-18)14(15,16)17/h2-4,9-10H,5-6H2,1H3,(H,21,22)/t9-,10-/m1/s1. The number of carboxylic acids is 1. The third kappa shape index (κ3) is 3.64. The quantitative estimate of drug-likeness (QED) is 0.647. The van der Waals surface area contributed by atoms with Gasteiger partial charge >= 0.3 is 12.1 Å². The fourth-order valence-corrected chi connectivity index (χ4v) is 2.69. The van der Waals surface area contributed by atoms with Gasteiger partial charge in [-0.25, -0.2) is 0 Å². The highest BCUT2D eigenvalue weighted by Gasteiger charge is 2.53. The molecule has 1 heterocycles. The number of likely N-dealkylation sites (tertiary alicyclic amines) is 1. The van der Waals surface area contributed by atoms with Crippen LogP contribution in [0.3, 0.4) is 0 Å². The van der Waals surface area contributed by atoms with Crippen LogP contribution in [0.25, 0.3) is 0 Å². The topological polar surface area (TPSA) is 110 Å². The van der Waals surface area contributed by atoms with E-state index in [0.29, 0.717) is 4.90 Å². The Balaban J connectivity index is 2.38. The van der Waals surface area contributed by atoms with Crippen LogP contribution in [0.1, 0.15) is 10.4 Å². The summed E-state index contributed by atoms with van der Waals surface area (Å²) in [5, 5.41) is 20.0. The van der Waals surface area contributed by atoms with Gasteiger partial charge in [0.15, 0.2) is 0 Å². The van der Waals surface area contributed by atoms with E-state index in [4.69, 9.17) is 9.84 Å². The van der Waals surface area contributed by atoms with Crippen molar-refractivity contribution in [3.63, 3.8) is 0 Å². The second kappa shape index (κ2) is 6.57. The van der Waals surface area contributed by atoms with Gasteiger partial charge in [0.2, 0.25) is 0 Å². The van der Waals surface area contributed by atoms with E-state index in [-0.39, 0.29) is 5.75 Å². The number of carbonyl (C=O) groups excluding carboxylic acids is 1. The van der Waals surface area contributed by atoms with Crippen LogP contribution in [0, 0.1) is 22.0 Å². The third-order valence-corrected chi connectivity index (χ3v) is 3.98. The SMILES string of the molecule is COc1ccc([N+](=O)[O-])c(C(=O)N2C[C@@H](C(F)(F)F)[C@H](C(=O)O)C2)c1. The minimum Gasteiger partial charge on any atom is -0.497 e. The predicted octanol–water partition coefficient (Wildman–Crippen LogP) is 1.94. The number of carbonyl (C=O) groups is 2. The first-order valence-corrected chi connectivity index (χ1v) is 6.97. The molecule has 11 heteroatoms. The Hall–Kier alpha value is -2.85. The van der Waals surface area contributed by atoms with Crippen LogP contribution in [-0.2, 0) is 4.79 Å². The number of hydrogen-bond donors (Lipinski definition) is 1. The number of nitrogens with zero attached hydrogens (tertiary/aromatic N) is 2. The van der Waals surface area contributed by atoms with Gasteiger partial charge < -0.3 is 14.7 Å². The molecule has 0 spiro atoms. The smallest absolute Gasteiger partial charge is 0.394 e. The number of halogens is 3. The zero-order valence-corrected chi connectivity index (χ0v) is 12.8. The van der Waals surface area contributed by atoms with Gasteiger partial charge in [-0.1, -0.05) is 0 Å². The molecule has 25 heavy (non-hydrogen) atoms. The van der Waals surface area contributed by atoms with Crippen molar-refractivity contribution >= 4 is 17.6 Å². The summed E-state index contributed by atoms with van der Waals surface area (Å²) in [4.78, 5) is 34.4. The highest BCUT2D eigenvalue weighted by molar-refractivity contribution is 5.99. The average molecular weight is 362 g/mol. The fourth-order valence-electron chi connectivity index (χ4n) is 2.69. The van der Waals surface area contributed by atoms with Crippen LogP contribution in [0.15, 0.2) is 18.2 Å². The third-order valence-electron chi connectivity index (χ3n) is 3.98. The van der Waals surface area contributed by atoms with Crippen molar-refractivity contribution in [2.45, 2.75) is 6.18 Å². The number of benzene rings is 1. The molecule has 8 nitrogen and oxygen atoms in total. The molecule has 1 aromatic rings. The van der Waals surface area contributed by atoms with E-state index in [1.165, 1.54) is 13.2 Å². The molecule has 1 aromatic carbocycles. The molecule has 1 saturated heterocycles. The van der Waals surface area contributed by atoms with Crippen LogP contribution < -0.4 is 4.74 Å². The van der Waals surface area contributed by atoms with E-state index in [9.17, 15) is 32.9 Å². The Morgan fingerprint density at radius 3 is 2.44 bits per heavy atom. The maximum Gasteiger partial charge on any atom is 0.394 e. The lowest BCUT2D eigenvalue weighted by Crippen LogP contribution is -2.34. The zero-order valence-electron chi connectivity index (χ0n) is 12.8. The molecule has 0 bridgehead atoms. The van der Waals surface area contributed by atoms with E-state index >= 15 is 0 Å². The van der Waals surface area contributed by atoms with E-state index in [2.05, 4.69) is 0 Å². The normalized spacial score (nSPS) is 20.4. The number of rotatable bonds is 4. The van der Waals surface area contributed by atoms with Gasteiger partial charge in [0.1, 0.15) is 11.3 Å². The molecule has 1 fully saturated rings. The molecular formula is C14H13F3N2O6. The molecule has 2 atom stereocenters. The minimum atomic E-state index is -4.81. The maximum atomic E-state index is 13.0. The number of nitro benzene ring substituents is 1. The van der Waals surface area contributed by atoms with Gasteiger partial charge in [0, 0.05) is 19.2 Å². The number of nitro groups is 1. The molecule has 2 rings (SSSR count). The summed E-state index contributed by atoms with van der Waals surface area (Å²) in [6.07, 6.45) is -4.81. The Bertz CT molecular complexity index is 721. The van der Waals surface area contributed by atoms with Crippen molar-refractivity contribution in [1.29, 1.82) is 0 Å². The van der Waals surface area contributed by atoms with Gasteiger partial charge in [0.05, 0.1) is 23.9 Å². The van der Waals surface area contributed by atoms with Crippen LogP contribution in [-0.4, -0.2) is 53.2 Å². The molecule has 1 aliphatic heterocycles. The highest BCUT2D eigenvalue weighted by Crippen LogP contribution is 2.39. The van der Waals surface area contributed by atoms with Gasteiger partial charge in [0.25, 0.3) is 11.6 Å². The van der Waals surface area contributed by atoms with E-state index in [1.807, 2.05) is 0 Å². The molecular weight excluding hydrogens is 349 g/mol. The van der Waals surface area contributed by atoms with Crippen LogP contribution >= 0.6 is 0 Å². The summed E-state index contributed by atoms with van der Waals surface area (Å²) < 4.78 is 43.9. The number of amides is 1. The molecule has 0 radical (unpaired) electrons. The average Bonchev–Trinajstić information content (AvgIpc) is 2.99. The molecule has 0 aliphatic carbocycles. The zero-order chi connectivity index (χ0) is 18.9. The van der Waals surface area contributed by atoms with Gasteiger partial charge in [-0.2, -0.15) is 13.2 Å². The number of ether oxygens (including phenoxy) is 1. The summed E-state index contributed by atoms with van der Waals surface area (Å²) >= 11 is 0. The number of aliphatic carboxylic acids is 1. The first-order chi connectivity index (χ1) is 11.6. The van der Waals surface area contributed by atoms with E-state index in [0.717, 1.165) is 12.1 Å². The van der Waals surface area contributed by atoms with Crippen LogP contribution in [0.5, 0.6) is 5.75 Å². The molecule has 0 saturated carbocycles. The summed E-state index contributed by atoms with van der Waals surface area (Å²) in [6.45, 7) is -1.57. The Kier molecular flexibility index (Phi) is 4.86. The summed E-state index contributed by atoms with van der Waals surface area (Å²) in [7, 11) is 1.26. The monoisotopic (exact) mass is 362 g/mol. The van der Waals surface area contributed by atoms with Gasteiger partial charge in [-0.15, -0.1) is 0 Å². The molecule has 1 amide bonds. The van der Waals surface area contributed by atoms with Gasteiger partial charge in [-0.05, 0) is 12.1 Å². The predicted molar refractivity (Wildman–Crippen MR) is 76.2 cm³/mol. The van der Waals surface area contributed by atoms with Crippen molar-refractivity contribution in [3.05, 3.63) is 33.9 Å². The van der Waals surface area contributed by atoms with Crippen molar-refractivity contribution in [1.82, 2.24) is 4.90 Å². The Morgan fingerprint density at radius 1 is 1.36 bits per heavy atom. The molecule has 1 N–H and O–H groups in total. The van der Waals surface area contributed by atoms with Crippen molar-refractivity contribution in [2.24, 2.45) is 11.8 Å². The highest BCUT2D eigenvalue weighted by atomic mass is 19.4. The molecule has 1 aliphatic rings. The number of alkyl halides is 3. The lowest BCUT2D eigenvalue weighted by molar-refractivity contribution is -0.385. The Labute approximate surface area is 138 Å². The minimum absolute atomic E-state index is 0.107. The lowest BCUT2D eigenvalue weighted by atomic mass is 9.96. The second-order valence-electron chi connectivity index (χ2n) is 5.44. The first-order valence-electron chi connectivity index (χ1n) is 6.97. The van der Waals surface area contributed by atoms with Crippen molar-refractivity contribution in [2.75, 3.05) is 20.2 Å². The second-order valence-corrected chi connectivity index (χ2v) is 5.44.